The molecule has 1 aromatic heterocycles. The van der Waals surface area contributed by atoms with Crippen LogP contribution < -0.4 is 5.32 Å². The fourth-order valence-corrected chi connectivity index (χ4v) is 2.83. The van der Waals surface area contributed by atoms with Gasteiger partial charge in [0.2, 0.25) is 0 Å². The highest BCUT2D eigenvalue weighted by Gasteiger charge is 2.08. The molecule has 0 unspecified atom stereocenters. The molecule has 1 aromatic carbocycles. The number of hydrogen-bond donors (Lipinski definition) is 1. The summed E-state index contributed by atoms with van der Waals surface area (Å²) in [5, 5.41) is 13.6. The van der Waals surface area contributed by atoms with Crippen LogP contribution in [0.2, 0.25) is 0 Å². The number of aryl methyl sites for hydroxylation is 2. The highest BCUT2D eigenvalue weighted by Crippen LogP contribution is 2.25. The summed E-state index contributed by atoms with van der Waals surface area (Å²) in [4.78, 5) is 0. The molecule has 2 aromatic rings. The predicted molar refractivity (Wildman–Crippen MR) is 86.1 cm³/mol. The van der Waals surface area contributed by atoms with Gasteiger partial charge in [0.15, 0.2) is 0 Å². The van der Waals surface area contributed by atoms with Gasteiger partial charge in [-0.15, -0.1) is 10.2 Å². The topological polar surface area (TPSA) is 37.8 Å². The maximum atomic E-state index is 13.6. The van der Waals surface area contributed by atoms with Gasteiger partial charge in [0.1, 0.15) is 15.8 Å². The van der Waals surface area contributed by atoms with Crippen molar-refractivity contribution in [1.82, 2.24) is 15.5 Å². The molecule has 0 amide bonds. The Hall–Kier alpha value is -1.33. The standard InChI is InChI=1S/C16H22FN3S/c1-11(2)10-18-8-4-5-15-19-20-16(21-15)13-7-6-12(3)14(17)9-13/h6-7,9,11,18H,4-5,8,10H2,1-3H3. The van der Waals surface area contributed by atoms with Crippen LogP contribution in [0.3, 0.4) is 0 Å². The largest absolute Gasteiger partial charge is 0.316 e. The molecule has 114 valence electrons. The van der Waals surface area contributed by atoms with Crippen LogP contribution in [0.4, 0.5) is 4.39 Å². The molecule has 1 N–H and O–H groups in total. The van der Waals surface area contributed by atoms with Gasteiger partial charge < -0.3 is 5.32 Å². The first-order valence-electron chi connectivity index (χ1n) is 7.36. The fourth-order valence-electron chi connectivity index (χ4n) is 1.95. The first-order valence-corrected chi connectivity index (χ1v) is 8.17. The summed E-state index contributed by atoms with van der Waals surface area (Å²) >= 11 is 1.55. The molecule has 0 saturated heterocycles. The van der Waals surface area contributed by atoms with Gasteiger partial charge in [-0.3, -0.25) is 0 Å². The monoisotopic (exact) mass is 307 g/mol. The number of rotatable bonds is 7. The van der Waals surface area contributed by atoms with Crippen molar-refractivity contribution in [3.63, 3.8) is 0 Å². The molecule has 2 rings (SSSR count). The third kappa shape index (κ3) is 4.86. The van der Waals surface area contributed by atoms with Crippen LogP contribution in [0.25, 0.3) is 10.6 Å². The molecule has 0 aliphatic heterocycles. The minimum absolute atomic E-state index is 0.192. The molecular weight excluding hydrogens is 285 g/mol. The van der Waals surface area contributed by atoms with Crippen molar-refractivity contribution in [3.8, 4) is 10.6 Å². The highest BCUT2D eigenvalue weighted by atomic mass is 32.1. The summed E-state index contributed by atoms with van der Waals surface area (Å²) in [6, 6.07) is 5.21. The van der Waals surface area contributed by atoms with E-state index < -0.39 is 0 Å². The third-order valence-electron chi connectivity index (χ3n) is 3.18. The Kier molecular flexibility index (Phi) is 5.82. The van der Waals surface area contributed by atoms with Gasteiger partial charge in [-0.05, 0) is 44.0 Å². The van der Waals surface area contributed by atoms with E-state index in [1.54, 1.807) is 24.3 Å². The number of aromatic nitrogens is 2. The maximum Gasteiger partial charge on any atom is 0.147 e. The Morgan fingerprint density at radius 2 is 2.10 bits per heavy atom. The van der Waals surface area contributed by atoms with Crippen LogP contribution in [0, 0.1) is 18.7 Å². The van der Waals surface area contributed by atoms with E-state index >= 15 is 0 Å². The smallest absolute Gasteiger partial charge is 0.147 e. The van der Waals surface area contributed by atoms with Crippen molar-refractivity contribution in [2.45, 2.75) is 33.6 Å². The summed E-state index contributed by atoms with van der Waals surface area (Å²) < 4.78 is 13.6. The lowest BCUT2D eigenvalue weighted by Crippen LogP contribution is -2.21. The van der Waals surface area contributed by atoms with Gasteiger partial charge >= 0.3 is 0 Å². The number of nitrogens with one attached hydrogen (secondary N) is 1. The second-order valence-electron chi connectivity index (χ2n) is 5.67. The van der Waals surface area contributed by atoms with Gasteiger partial charge in [-0.1, -0.05) is 37.3 Å². The third-order valence-corrected chi connectivity index (χ3v) is 4.21. The average Bonchev–Trinajstić information content (AvgIpc) is 2.90. The van der Waals surface area contributed by atoms with Crippen LogP contribution in [-0.2, 0) is 6.42 Å². The number of nitrogens with zero attached hydrogens (tertiary/aromatic N) is 2. The van der Waals surface area contributed by atoms with Crippen LogP contribution in [0.15, 0.2) is 18.2 Å². The second kappa shape index (κ2) is 7.61. The first kappa shape index (κ1) is 16.0. The van der Waals surface area contributed by atoms with Gasteiger partial charge in [-0.2, -0.15) is 0 Å². The van der Waals surface area contributed by atoms with Gasteiger partial charge in [0, 0.05) is 12.0 Å². The fraction of sp³-hybridized carbons (Fsp3) is 0.500. The minimum atomic E-state index is -0.192. The van der Waals surface area contributed by atoms with Crippen molar-refractivity contribution in [1.29, 1.82) is 0 Å². The lowest BCUT2D eigenvalue weighted by Gasteiger charge is -2.05. The number of halogens is 1. The number of benzene rings is 1. The zero-order chi connectivity index (χ0) is 15.2. The average molecular weight is 307 g/mol. The Bertz CT molecular complexity index is 581. The number of hydrogen-bond acceptors (Lipinski definition) is 4. The molecule has 3 nitrogen and oxygen atoms in total. The van der Waals surface area contributed by atoms with Crippen LogP contribution in [-0.4, -0.2) is 23.3 Å². The molecule has 0 fully saturated rings. The summed E-state index contributed by atoms with van der Waals surface area (Å²) in [6.07, 6.45) is 1.96. The van der Waals surface area contributed by atoms with E-state index in [4.69, 9.17) is 0 Å². The van der Waals surface area contributed by atoms with E-state index in [0.29, 0.717) is 11.5 Å². The summed E-state index contributed by atoms with van der Waals surface area (Å²) in [5.74, 6) is 0.483. The van der Waals surface area contributed by atoms with Crippen molar-refractivity contribution < 1.29 is 4.39 Å². The Morgan fingerprint density at radius 3 is 2.81 bits per heavy atom. The minimum Gasteiger partial charge on any atom is -0.316 e. The molecule has 0 aliphatic rings. The van der Waals surface area contributed by atoms with E-state index in [1.807, 2.05) is 6.07 Å². The normalized spacial score (nSPS) is 11.3. The van der Waals surface area contributed by atoms with Gasteiger partial charge in [-0.25, -0.2) is 4.39 Å². The summed E-state index contributed by atoms with van der Waals surface area (Å²) in [5.41, 5.74) is 1.46. The highest BCUT2D eigenvalue weighted by molar-refractivity contribution is 7.14. The van der Waals surface area contributed by atoms with Gasteiger partial charge in [0.05, 0.1) is 0 Å². The van der Waals surface area contributed by atoms with Crippen LogP contribution in [0.1, 0.15) is 30.8 Å². The van der Waals surface area contributed by atoms with Crippen LogP contribution >= 0.6 is 11.3 Å². The second-order valence-corrected chi connectivity index (χ2v) is 6.73. The first-order chi connectivity index (χ1) is 10.1. The molecule has 0 saturated carbocycles. The Balaban J connectivity index is 1.87. The summed E-state index contributed by atoms with van der Waals surface area (Å²) in [6.45, 7) is 8.19. The Labute approximate surface area is 129 Å². The quantitative estimate of drug-likeness (QED) is 0.790. The van der Waals surface area contributed by atoms with E-state index in [-0.39, 0.29) is 5.82 Å². The predicted octanol–water partition coefficient (Wildman–Crippen LogP) is 3.83. The SMILES string of the molecule is Cc1ccc(-c2nnc(CCCNCC(C)C)s2)cc1F. The van der Waals surface area contributed by atoms with Crippen molar-refractivity contribution >= 4 is 11.3 Å². The molecule has 1 heterocycles. The zero-order valence-electron chi connectivity index (χ0n) is 12.8. The lowest BCUT2D eigenvalue weighted by atomic mass is 10.1. The lowest BCUT2D eigenvalue weighted by molar-refractivity contribution is 0.542. The van der Waals surface area contributed by atoms with E-state index in [1.165, 1.54) is 6.07 Å². The maximum absolute atomic E-state index is 13.6. The van der Waals surface area contributed by atoms with Crippen LogP contribution in [0.5, 0.6) is 0 Å². The van der Waals surface area contributed by atoms with Gasteiger partial charge in [0.25, 0.3) is 0 Å². The molecular formula is C16H22FN3S. The van der Waals surface area contributed by atoms with E-state index in [2.05, 4.69) is 29.4 Å². The molecule has 5 heteroatoms. The molecule has 0 radical (unpaired) electrons. The van der Waals surface area contributed by atoms with E-state index in [0.717, 1.165) is 41.5 Å². The van der Waals surface area contributed by atoms with Crippen molar-refractivity contribution in [3.05, 3.63) is 34.6 Å². The Morgan fingerprint density at radius 1 is 1.29 bits per heavy atom. The molecule has 0 atom stereocenters. The molecule has 0 spiro atoms. The van der Waals surface area contributed by atoms with E-state index in [9.17, 15) is 4.39 Å². The van der Waals surface area contributed by atoms with Crippen molar-refractivity contribution in [2.24, 2.45) is 5.92 Å². The molecule has 0 bridgehead atoms. The molecule has 21 heavy (non-hydrogen) atoms. The summed E-state index contributed by atoms with van der Waals surface area (Å²) in [7, 11) is 0. The molecule has 0 aliphatic carbocycles. The zero-order valence-corrected chi connectivity index (χ0v) is 13.6. The van der Waals surface area contributed by atoms with Crippen molar-refractivity contribution in [2.75, 3.05) is 13.1 Å².